The minimum absolute atomic E-state index is 0. The lowest BCUT2D eigenvalue weighted by molar-refractivity contribution is -0.137. The van der Waals surface area contributed by atoms with E-state index >= 15 is 0 Å². The van der Waals surface area contributed by atoms with E-state index in [-0.39, 0.29) is 36.2 Å². The zero-order valence-corrected chi connectivity index (χ0v) is 14.2. The third-order valence-corrected chi connectivity index (χ3v) is 3.82. The van der Waals surface area contributed by atoms with Crippen LogP contribution in [0.1, 0.15) is 31.7 Å². The molecule has 1 heterocycles. The molecule has 1 aliphatic heterocycles. The predicted octanol–water partition coefficient (Wildman–Crippen LogP) is 3.85. The second-order valence-corrected chi connectivity index (χ2v) is 5.59. The molecule has 0 saturated carbocycles. The van der Waals surface area contributed by atoms with E-state index in [0.717, 1.165) is 38.1 Å². The zero-order chi connectivity index (χ0) is 16.9. The van der Waals surface area contributed by atoms with Crippen LogP contribution in [0.25, 0.3) is 0 Å². The summed E-state index contributed by atoms with van der Waals surface area (Å²) in [6.45, 7) is 3.88. The average molecular weight is 367 g/mol. The standard InChI is InChI=1S/C16H21F3N2O2.ClH/c1-2-23-14-5-4-12(16(17,18)19)9-13(14)21-15(22)6-3-11-7-8-20-10-11;/h4-5,9,11,20H,2-3,6-8,10H2,1H3,(H,21,22);1H. The molecule has 136 valence electrons. The van der Waals surface area contributed by atoms with Crippen molar-refractivity contribution in [1.82, 2.24) is 5.32 Å². The minimum atomic E-state index is -4.46. The van der Waals surface area contributed by atoms with E-state index in [1.165, 1.54) is 6.07 Å². The van der Waals surface area contributed by atoms with Crippen LogP contribution in [0, 0.1) is 5.92 Å². The van der Waals surface area contributed by atoms with Gasteiger partial charge in [0.25, 0.3) is 0 Å². The Kier molecular flexibility index (Phi) is 7.83. The van der Waals surface area contributed by atoms with Gasteiger partial charge >= 0.3 is 6.18 Å². The highest BCUT2D eigenvalue weighted by atomic mass is 35.5. The molecule has 1 amide bonds. The Bertz CT molecular complexity index is 547. The van der Waals surface area contributed by atoms with E-state index in [1.54, 1.807) is 6.92 Å². The van der Waals surface area contributed by atoms with E-state index in [9.17, 15) is 18.0 Å². The van der Waals surface area contributed by atoms with Crippen LogP contribution < -0.4 is 15.4 Å². The minimum Gasteiger partial charge on any atom is -0.492 e. The van der Waals surface area contributed by atoms with Crippen molar-refractivity contribution in [3.8, 4) is 5.75 Å². The first-order chi connectivity index (χ1) is 10.9. The maximum absolute atomic E-state index is 12.8. The first-order valence-electron chi connectivity index (χ1n) is 7.74. The summed E-state index contributed by atoms with van der Waals surface area (Å²) in [7, 11) is 0. The number of anilines is 1. The number of rotatable bonds is 6. The fourth-order valence-electron chi connectivity index (χ4n) is 2.59. The molecule has 2 rings (SSSR count). The molecule has 0 bridgehead atoms. The van der Waals surface area contributed by atoms with Crippen LogP contribution in [0.4, 0.5) is 18.9 Å². The lowest BCUT2D eigenvalue weighted by Crippen LogP contribution is -2.16. The van der Waals surface area contributed by atoms with Crippen molar-refractivity contribution in [2.75, 3.05) is 25.0 Å². The van der Waals surface area contributed by atoms with E-state index in [0.29, 0.717) is 12.5 Å². The van der Waals surface area contributed by atoms with Gasteiger partial charge in [0, 0.05) is 6.42 Å². The molecular weight excluding hydrogens is 345 g/mol. The molecule has 4 nitrogen and oxygen atoms in total. The second kappa shape index (κ2) is 9.13. The molecule has 1 unspecified atom stereocenters. The molecule has 1 aromatic carbocycles. The number of alkyl halides is 3. The topological polar surface area (TPSA) is 50.4 Å². The Hall–Kier alpha value is -1.47. The highest BCUT2D eigenvalue weighted by Gasteiger charge is 2.31. The van der Waals surface area contributed by atoms with Gasteiger partial charge in [-0.2, -0.15) is 13.2 Å². The lowest BCUT2D eigenvalue weighted by atomic mass is 10.0. The number of amides is 1. The summed E-state index contributed by atoms with van der Waals surface area (Å²) < 4.78 is 43.7. The number of ether oxygens (including phenoxy) is 1. The maximum Gasteiger partial charge on any atom is 0.416 e. The summed E-state index contributed by atoms with van der Waals surface area (Å²) >= 11 is 0. The summed E-state index contributed by atoms with van der Waals surface area (Å²) in [6.07, 6.45) is -2.42. The average Bonchev–Trinajstić information content (AvgIpc) is 2.99. The summed E-state index contributed by atoms with van der Waals surface area (Å²) in [5.74, 6) is 0.405. The number of benzene rings is 1. The van der Waals surface area contributed by atoms with Gasteiger partial charge in [0.2, 0.25) is 5.91 Å². The summed E-state index contributed by atoms with van der Waals surface area (Å²) in [5.41, 5.74) is -0.743. The molecule has 1 aromatic rings. The quantitative estimate of drug-likeness (QED) is 0.804. The first-order valence-corrected chi connectivity index (χ1v) is 7.74. The highest BCUT2D eigenvalue weighted by Crippen LogP contribution is 2.35. The Morgan fingerprint density at radius 2 is 2.17 bits per heavy atom. The Balaban J connectivity index is 0.00000288. The Morgan fingerprint density at radius 1 is 1.42 bits per heavy atom. The highest BCUT2D eigenvalue weighted by molar-refractivity contribution is 5.92. The van der Waals surface area contributed by atoms with Crippen LogP contribution in [-0.2, 0) is 11.0 Å². The van der Waals surface area contributed by atoms with Crippen LogP contribution in [0.3, 0.4) is 0 Å². The molecule has 2 N–H and O–H groups in total. The van der Waals surface area contributed by atoms with Gasteiger partial charge in [-0.1, -0.05) is 0 Å². The van der Waals surface area contributed by atoms with E-state index in [4.69, 9.17) is 4.74 Å². The molecule has 1 fully saturated rings. The lowest BCUT2D eigenvalue weighted by Gasteiger charge is -2.15. The molecule has 1 aliphatic rings. The van der Waals surface area contributed by atoms with Crippen molar-refractivity contribution < 1.29 is 22.7 Å². The van der Waals surface area contributed by atoms with Crippen molar-refractivity contribution in [1.29, 1.82) is 0 Å². The normalized spacial score (nSPS) is 17.2. The van der Waals surface area contributed by atoms with E-state index < -0.39 is 11.7 Å². The number of hydrogen-bond acceptors (Lipinski definition) is 3. The fraction of sp³-hybridized carbons (Fsp3) is 0.562. The number of nitrogens with one attached hydrogen (secondary N) is 2. The van der Waals surface area contributed by atoms with Gasteiger partial charge in [-0.15, -0.1) is 12.4 Å². The second-order valence-electron chi connectivity index (χ2n) is 5.59. The summed E-state index contributed by atoms with van der Waals surface area (Å²) in [4.78, 5) is 12.0. The van der Waals surface area contributed by atoms with Gasteiger partial charge < -0.3 is 15.4 Å². The predicted molar refractivity (Wildman–Crippen MR) is 88.7 cm³/mol. The largest absolute Gasteiger partial charge is 0.492 e. The number of carbonyl (C=O) groups excluding carboxylic acids is 1. The van der Waals surface area contributed by atoms with Crippen molar-refractivity contribution in [2.24, 2.45) is 5.92 Å². The van der Waals surface area contributed by atoms with Crippen molar-refractivity contribution >= 4 is 24.0 Å². The summed E-state index contributed by atoms with van der Waals surface area (Å²) in [5, 5.41) is 5.77. The molecule has 1 saturated heterocycles. The SMILES string of the molecule is CCOc1ccc(C(F)(F)F)cc1NC(=O)CCC1CCNC1.Cl. The zero-order valence-electron chi connectivity index (χ0n) is 13.4. The molecule has 8 heteroatoms. The van der Waals surface area contributed by atoms with Gasteiger partial charge in [0.1, 0.15) is 5.75 Å². The number of carbonyl (C=O) groups is 1. The first kappa shape index (κ1) is 20.6. The monoisotopic (exact) mass is 366 g/mol. The molecule has 1 atom stereocenters. The van der Waals surface area contributed by atoms with Crippen LogP contribution in [-0.4, -0.2) is 25.6 Å². The van der Waals surface area contributed by atoms with Gasteiger partial charge in [0.05, 0.1) is 17.9 Å². The Labute approximate surface area is 145 Å². The van der Waals surface area contributed by atoms with Crippen LogP contribution in [0.2, 0.25) is 0 Å². The molecule has 24 heavy (non-hydrogen) atoms. The third kappa shape index (κ3) is 5.87. The van der Waals surface area contributed by atoms with Crippen molar-refractivity contribution in [2.45, 2.75) is 32.4 Å². The Morgan fingerprint density at radius 3 is 2.75 bits per heavy atom. The summed E-state index contributed by atoms with van der Waals surface area (Å²) in [6, 6.07) is 3.10. The molecule has 0 spiro atoms. The van der Waals surface area contributed by atoms with Gasteiger partial charge in [-0.25, -0.2) is 0 Å². The van der Waals surface area contributed by atoms with Gasteiger partial charge in [0.15, 0.2) is 0 Å². The van der Waals surface area contributed by atoms with E-state index in [1.807, 2.05) is 0 Å². The smallest absolute Gasteiger partial charge is 0.416 e. The van der Waals surface area contributed by atoms with E-state index in [2.05, 4.69) is 10.6 Å². The van der Waals surface area contributed by atoms with Gasteiger partial charge in [-0.05, 0) is 57.0 Å². The molecule has 0 aliphatic carbocycles. The maximum atomic E-state index is 12.8. The molecule has 0 aromatic heterocycles. The number of halogens is 4. The van der Waals surface area contributed by atoms with Crippen molar-refractivity contribution in [3.05, 3.63) is 23.8 Å². The van der Waals surface area contributed by atoms with Crippen LogP contribution >= 0.6 is 12.4 Å². The van der Waals surface area contributed by atoms with Crippen molar-refractivity contribution in [3.63, 3.8) is 0 Å². The number of hydrogen-bond donors (Lipinski definition) is 2. The molecule has 0 radical (unpaired) electrons. The van der Waals surface area contributed by atoms with Gasteiger partial charge in [-0.3, -0.25) is 4.79 Å². The third-order valence-electron chi connectivity index (χ3n) is 3.82. The van der Waals surface area contributed by atoms with Crippen LogP contribution in [0.15, 0.2) is 18.2 Å². The fourth-order valence-corrected chi connectivity index (χ4v) is 2.59. The van der Waals surface area contributed by atoms with Crippen LogP contribution in [0.5, 0.6) is 5.75 Å². The molecular formula is C16H22ClF3N2O2.